The van der Waals surface area contributed by atoms with Crippen LogP contribution in [0.3, 0.4) is 0 Å². The molecule has 24 heavy (non-hydrogen) atoms. The van der Waals surface area contributed by atoms with Crippen molar-refractivity contribution in [2.45, 2.75) is 24.5 Å². The number of likely N-dealkylation sites (N-methyl/N-ethyl adjacent to an activating group) is 1. The number of anilines is 1. The summed E-state index contributed by atoms with van der Waals surface area (Å²) in [5.74, 6) is -0.666. The SMILES string of the molecule is Cc1ccc([C@@H]2C(=O)N(C)S[C@@]23C(=O)Nc2ccccc23)cc1C. The summed E-state index contributed by atoms with van der Waals surface area (Å²) in [5, 5.41) is 2.96. The lowest BCUT2D eigenvalue weighted by atomic mass is 9.80. The van der Waals surface area contributed by atoms with Crippen LogP contribution < -0.4 is 5.32 Å². The fraction of sp³-hybridized carbons (Fsp3) is 0.263. The predicted octanol–water partition coefficient (Wildman–Crippen LogP) is 3.35. The first kappa shape index (κ1) is 15.3. The summed E-state index contributed by atoms with van der Waals surface area (Å²) in [6, 6.07) is 13.7. The number of carbonyl (C=O) groups excluding carboxylic acids is 2. The average molecular weight is 338 g/mol. The largest absolute Gasteiger partial charge is 0.324 e. The maximum Gasteiger partial charge on any atom is 0.248 e. The Hall–Kier alpha value is -2.27. The lowest BCUT2D eigenvalue weighted by Gasteiger charge is -2.26. The summed E-state index contributed by atoms with van der Waals surface area (Å²) in [6.07, 6.45) is 0. The Morgan fingerprint density at radius 3 is 2.58 bits per heavy atom. The monoisotopic (exact) mass is 338 g/mol. The van der Waals surface area contributed by atoms with Gasteiger partial charge < -0.3 is 5.32 Å². The molecule has 5 heteroatoms. The highest BCUT2D eigenvalue weighted by atomic mass is 32.2. The van der Waals surface area contributed by atoms with E-state index >= 15 is 0 Å². The minimum Gasteiger partial charge on any atom is -0.324 e. The number of amides is 2. The Bertz CT molecular complexity index is 879. The Morgan fingerprint density at radius 1 is 1.08 bits per heavy atom. The second kappa shape index (κ2) is 5.11. The summed E-state index contributed by atoms with van der Waals surface area (Å²) < 4.78 is 0.672. The van der Waals surface area contributed by atoms with Crippen LogP contribution in [0.15, 0.2) is 42.5 Å². The summed E-state index contributed by atoms with van der Waals surface area (Å²) in [6.45, 7) is 4.08. The first-order chi connectivity index (χ1) is 11.4. The molecule has 2 amide bonds. The van der Waals surface area contributed by atoms with E-state index in [1.165, 1.54) is 17.5 Å². The third kappa shape index (κ3) is 1.88. The van der Waals surface area contributed by atoms with Crippen LogP contribution in [0.25, 0.3) is 0 Å². The van der Waals surface area contributed by atoms with Crippen molar-refractivity contribution in [3.8, 4) is 0 Å². The van der Waals surface area contributed by atoms with Crippen LogP contribution in [0.2, 0.25) is 0 Å². The van der Waals surface area contributed by atoms with Crippen molar-refractivity contribution in [3.05, 3.63) is 64.7 Å². The number of rotatable bonds is 1. The molecule has 0 aliphatic carbocycles. The molecule has 0 aromatic heterocycles. The molecule has 2 aliphatic heterocycles. The van der Waals surface area contributed by atoms with Crippen LogP contribution >= 0.6 is 11.9 Å². The van der Waals surface area contributed by atoms with E-state index < -0.39 is 10.7 Å². The molecule has 0 saturated carbocycles. The lowest BCUT2D eigenvalue weighted by Crippen LogP contribution is -2.36. The second-order valence-electron chi connectivity index (χ2n) is 6.44. The molecule has 1 N–H and O–H groups in total. The molecule has 1 spiro atoms. The number of benzene rings is 2. The molecule has 2 aromatic rings. The third-order valence-corrected chi connectivity index (χ3v) is 6.40. The molecule has 4 nitrogen and oxygen atoms in total. The van der Waals surface area contributed by atoms with Crippen molar-refractivity contribution in [2.75, 3.05) is 12.4 Å². The number of hydrogen-bond acceptors (Lipinski definition) is 3. The quantitative estimate of drug-likeness (QED) is 0.811. The van der Waals surface area contributed by atoms with Gasteiger partial charge in [-0.05, 0) is 48.6 Å². The van der Waals surface area contributed by atoms with Gasteiger partial charge in [-0.3, -0.25) is 13.9 Å². The van der Waals surface area contributed by atoms with Gasteiger partial charge >= 0.3 is 0 Å². The standard InChI is InChI=1S/C19H18N2O2S/c1-11-8-9-13(10-12(11)2)16-17(22)21(3)24-19(16)14-6-4-5-7-15(14)20-18(19)23/h4-10,16H,1-3H3,(H,20,23)/t16-,19-/m1/s1. The van der Waals surface area contributed by atoms with Crippen LogP contribution in [-0.4, -0.2) is 23.2 Å². The van der Waals surface area contributed by atoms with E-state index in [-0.39, 0.29) is 11.8 Å². The molecule has 2 aliphatic rings. The summed E-state index contributed by atoms with van der Waals surface area (Å²) in [5.41, 5.74) is 4.89. The van der Waals surface area contributed by atoms with Crippen molar-refractivity contribution in [1.82, 2.24) is 4.31 Å². The molecular formula is C19H18N2O2S. The van der Waals surface area contributed by atoms with Gasteiger partial charge in [0, 0.05) is 18.3 Å². The average Bonchev–Trinajstić information content (AvgIpc) is 2.98. The van der Waals surface area contributed by atoms with Crippen LogP contribution in [0.4, 0.5) is 5.69 Å². The van der Waals surface area contributed by atoms with Gasteiger partial charge in [0.1, 0.15) is 0 Å². The van der Waals surface area contributed by atoms with E-state index in [1.54, 1.807) is 11.4 Å². The van der Waals surface area contributed by atoms with Gasteiger partial charge in [-0.15, -0.1) is 0 Å². The van der Waals surface area contributed by atoms with E-state index in [4.69, 9.17) is 0 Å². The van der Waals surface area contributed by atoms with Gasteiger partial charge in [-0.25, -0.2) is 0 Å². The summed E-state index contributed by atoms with van der Waals surface area (Å²) in [4.78, 5) is 25.9. The van der Waals surface area contributed by atoms with Crippen LogP contribution in [0, 0.1) is 13.8 Å². The molecule has 122 valence electrons. The number of nitrogens with one attached hydrogen (secondary N) is 1. The number of hydrogen-bond donors (Lipinski definition) is 1. The van der Waals surface area contributed by atoms with Gasteiger partial charge in [0.2, 0.25) is 11.8 Å². The minimum atomic E-state index is -0.926. The number of fused-ring (bicyclic) bond motifs is 2. The molecule has 4 rings (SSSR count). The van der Waals surface area contributed by atoms with E-state index in [1.807, 2.05) is 56.3 Å². The smallest absolute Gasteiger partial charge is 0.248 e. The maximum absolute atomic E-state index is 13.0. The number of nitrogens with zero attached hydrogens (tertiary/aromatic N) is 1. The highest BCUT2D eigenvalue weighted by Gasteiger charge is 2.62. The van der Waals surface area contributed by atoms with Gasteiger partial charge in [0.15, 0.2) is 4.75 Å². The number of carbonyl (C=O) groups is 2. The second-order valence-corrected chi connectivity index (χ2v) is 7.81. The van der Waals surface area contributed by atoms with Crippen molar-refractivity contribution in [1.29, 1.82) is 0 Å². The van der Waals surface area contributed by atoms with Gasteiger partial charge in [0.05, 0.1) is 5.92 Å². The fourth-order valence-corrected chi connectivity index (χ4v) is 5.00. The molecular weight excluding hydrogens is 320 g/mol. The zero-order valence-corrected chi connectivity index (χ0v) is 14.6. The van der Waals surface area contributed by atoms with Crippen LogP contribution in [0.1, 0.15) is 28.2 Å². The number of aryl methyl sites for hydroxylation is 2. The summed E-state index contributed by atoms with van der Waals surface area (Å²) in [7, 11) is 1.74. The Kier molecular flexibility index (Phi) is 3.25. The van der Waals surface area contributed by atoms with E-state index in [2.05, 4.69) is 5.32 Å². The highest BCUT2D eigenvalue weighted by molar-refractivity contribution is 7.99. The molecule has 2 atom stereocenters. The first-order valence-corrected chi connectivity index (χ1v) is 8.67. The van der Waals surface area contributed by atoms with Crippen molar-refractivity contribution >= 4 is 29.4 Å². The molecule has 2 heterocycles. The van der Waals surface area contributed by atoms with Crippen molar-refractivity contribution in [2.24, 2.45) is 0 Å². The molecule has 0 unspecified atom stereocenters. The topological polar surface area (TPSA) is 49.4 Å². The minimum absolute atomic E-state index is 0.0323. The Balaban J connectivity index is 1.95. The first-order valence-electron chi connectivity index (χ1n) is 7.90. The normalized spacial score (nSPS) is 25.3. The van der Waals surface area contributed by atoms with Crippen molar-refractivity contribution in [3.63, 3.8) is 0 Å². The number of para-hydroxylation sites is 1. The molecule has 0 bridgehead atoms. The zero-order valence-electron chi connectivity index (χ0n) is 13.8. The lowest BCUT2D eigenvalue weighted by molar-refractivity contribution is -0.128. The Morgan fingerprint density at radius 2 is 1.83 bits per heavy atom. The highest BCUT2D eigenvalue weighted by Crippen LogP contribution is 2.60. The van der Waals surface area contributed by atoms with Crippen LogP contribution in [-0.2, 0) is 14.3 Å². The third-order valence-electron chi connectivity index (χ3n) is 5.02. The van der Waals surface area contributed by atoms with Crippen LogP contribution in [0.5, 0.6) is 0 Å². The summed E-state index contributed by atoms with van der Waals surface area (Å²) >= 11 is 1.32. The molecule has 1 fully saturated rings. The maximum atomic E-state index is 13.0. The van der Waals surface area contributed by atoms with Gasteiger partial charge in [0.25, 0.3) is 0 Å². The van der Waals surface area contributed by atoms with Gasteiger partial charge in [-0.2, -0.15) is 0 Å². The van der Waals surface area contributed by atoms with E-state index in [0.717, 1.165) is 22.4 Å². The molecule has 1 saturated heterocycles. The van der Waals surface area contributed by atoms with E-state index in [0.29, 0.717) is 0 Å². The fourth-order valence-electron chi connectivity index (χ4n) is 3.62. The molecule has 0 radical (unpaired) electrons. The predicted molar refractivity (Wildman–Crippen MR) is 95.8 cm³/mol. The zero-order chi connectivity index (χ0) is 17.1. The van der Waals surface area contributed by atoms with Gasteiger partial charge in [-0.1, -0.05) is 36.4 Å². The molecule has 2 aromatic carbocycles. The van der Waals surface area contributed by atoms with Crippen molar-refractivity contribution < 1.29 is 9.59 Å². The Labute approximate surface area is 145 Å². The van der Waals surface area contributed by atoms with E-state index in [9.17, 15) is 9.59 Å².